The number of alkyl halides is 1. The molecule has 0 aliphatic heterocycles. The molecule has 0 aliphatic carbocycles. The summed E-state index contributed by atoms with van der Waals surface area (Å²) in [6.45, 7) is 4.00. The van der Waals surface area contributed by atoms with Crippen LogP contribution in [0.15, 0.2) is 35.5 Å². The van der Waals surface area contributed by atoms with Crippen LogP contribution in [0.4, 0.5) is 0 Å². The van der Waals surface area contributed by atoms with Crippen molar-refractivity contribution in [2.75, 3.05) is 18.1 Å². The molecule has 0 bridgehead atoms. The first kappa shape index (κ1) is 15.9. The SMILES string of the molecule is COC(=O)CO/N=C(\c1ccccc1)C(C)(C)CI. The molecular formula is C14H18INO3. The molecule has 0 aliphatic rings. The Morgan fingerprint density at radius 3 is 2.47 bits per heavy atom. The zero-order chi connectivity index (χ0) is 14.3. The molecule has 0 radical (unpaired) electrons. The molecule has 1 rings (SSSR count). The van der Waals surface area contributed by atoms with Crippen molar-refractivity contribution in [2.24, 2.45) is 10.6 Å². The van der Waals surface area contributed by atoms with E-state index in [2.05, 4.69) is 46.3 Å². The molecule has 4 nitrogen and oxygen atoms in total. The highest BCUT2D eigenvalue weighted by molar-refractivity contribution is 14.1. The molecule has 0 amide bonds. The van der Waals surface area contributed by atoms with Gasteiger partial charge in [-0.25, -0.2) is 4.79 Å². The number of carbonyl (C=O) groups excluding carboxylic acids is 1. The standard InChI is InChI=1S/C14H18INO3/c1-14(2,10-15)13(11-7-5-4-6-8-11)16-19-9-12(17)18-3/h4-8H,9-10H2,1-3H3/b16-13+. The number of oxime groups is 1. The van der Waals surface area contributed by atoms with Gasteiger partial charge in [0, 0.05) is 9.84 Å². The van der Waals surface area contributed by atoms with Crippen LogP contribution in [0.2, 0.25) is 0 Å². The Bertz CT molecular complexity index is 443. The van der Waals surface area contributed by atoms with E-state index in [4.69, 9.17) is 4.84 Å². The zero-order valence-electron chi connectivity index (χ0n) is 11.4. The molecule has 104 valence electrons. The highest BCUT2D eigenvalue weighted by Gasteiger charge is 2.26. The Kier molecular flexibility index (Phi) is 6.27. The Morgan fingerprint density at radius 1 is 1.32 bits per heavy atom. The average molecular weight is 375 g/mol. The van der Waals surface area contributed by atoms with Crippen molar-refractivity contribution in [1.82, 2.24) is 0 Å². The topological polar surface area (TPSA) is 47.9 Å². The molecule has 0 heterocycles. The van der Waals surface area contributed by atoms with Crippen molar-refractivity contribution < 1.29 is 14.4 Å². The summed E-state index contributed by atoms with van der Waals surface area (Å²) in [5.41, 5.74) is 1.68. The van der Waals surface area contributed by atoms with Gasteiger partial charge < -0.3 is 9.57 Å². The van der Waals surface area contributed by atoms with E-state index in [1.807, 2.05) is 30.3 Å². The van der Waals surface area contributed by atoms with Crippen LogP contribution in [0.25, 0.3) is 0 Å². The van der Waals surface area contributed by atoms with Gasteiger partial charge in [0.05, 0.1) is 12.8 Å². The van der Waals surface area contributed by atoms with E-state index in [1.54, 1.807) is 0 Å². The molecular weight excluding hydrogens is 357 g/mol. The monoisotopic (exact) mass is 375 g/mol. The molecule has 0 fully saturated rings. The number of hydrogen-bond donors (Lipinski definition) is 0. The highest BCUT2D eigenvalue weighted by Crippen LogP contribution is 2.25. The predicted molar refractivity (Wildman–Crippen MR) is 83.6 cm³/mol. The van der Waals surface area contributed by atoms with Crippen LogP contribution in [0.5, 0.6) is 0 Å². The normalized spacial score (nSPS) is 12.1. The van der Waals surface area contributed by atoms with Crippen LogP contribution in [0, 0.1) is 5.41 Å². The first-order chi connectivity index (χ1) is 9.01. The first-order valence-corrected chi connectivity index (χ1v) is 7.42. The summed E-state index contributed by atoms with van der Waals surface area (Å²) in [7, 11) is 1.32. The summed E-state index contributed by atoms with van der Waals surface area (Å²) < 4.78 is 5.40. The number of hydrogen-bond acceptors (Lipinski definition) is 4. The van der Waals surface area contributed by atoms with Gasteiger partial charge in [-0.05, 0) is 5.56 Å². The van der Waals surface area contributed by atoms with Crippen LogP contribution in [0.3, 0.4) is 0 Å². The number of benzene rings is 1. The van der Waals surface area contributed by atoms with Gasteiger partial charge in [0.15, 0.2) is 0 Å². The minimum absolute atomic E-state index is 0.141. The predicted octanol–water partition coefficient (Wildman–Crippen LogP) is 3.04. The Hall–Kier alpha value is -1.11. The molecule has 1 aromatic carbocycles. The number of methoxy groups -OCH3 is 1. The van der Waals surface area contributed by atoms with Gasteiger partial charge in [-0.15, -0.1) is 0 Å². The second kappa shape index (κ2) is 7.47. The van der Waals surface area contributed by atoms with Crippen molar-refractivity contribution in [1.29, 1.82) is 0 Å². The molecule has 0 saturated heterocycles. The molecule has 0 atom stereocenters. The fraction of sp³-hybridized carbons (Fsp3) is 0.429. The Labute approximate surface area is 127 Å². The second-order valence-corrected chi connectivity index (χ2v) is 5.44. The van der Waals surface area contributed by atoms with Gasteiger partial charge in [-0.3, -0.25) is 0 Å². The molecule has 0 aromatic heterocycles. The van der Waals surface area contributed by atoms with Crippen molar-refractivity contribution in [3.63, 3.8) is 0 Å². The summed E-state index contributed by atoms with van der Waals surface area (Å²) in [4.78, 5) is 16.1. The van der Waals surface area contributed by atoms with Crippen molar-refractivity contribution in [3.8, 4) is 0 Å². The third-order valence-corrected chi connectivity index (χ3v) is 4.50. The van der Waals surface area contributed by atoms with Gasteiger partial charge in [0.25, 0.3) is 0 Å². The van der Waals surface area contributed by atoms with E-state index < -0.39 is 5.97 Å². The lowest BCUT2D eigenvalue weighted by Crippen LogP contribution is -2.27. The van der Waals surface area contributed by atoms with E-state index in [9.17, 15) is 4.79 Å². The van der Waals surface area contributed by atoms with Gasteiger partial charge in [-0.1, -0.05) is 71.9 Å². The Balaban J connectivity index is 2.94. The number of rotatable bonds is 6. The summed E-state index contributed by atoms with van der Waals surface area (Å²) in [5.74, 6) is -0.441. The average Bonchev–Trinajstić information content (AvgIpc) is 2.44. The molecule has 0 saturated carbocycles. The van der Waals surface area contributed by atoms with Crippen molar-refractivity contribution in [2.45, 2.75) is 13.8 Å². The summed E-state index contributed by atoms with van der Waals surface area (Å²) in [5, 5.41) is 4.14. The minimum Gasteiger partial charge on any atom is -0.466 e. The Morgan fingerprint density at radius 2 is 1.95 bits per heavy atom. The maximum atomic E-state index is 11.0. The fourth-order valence-corrected chi connectivity index (χ4v) is 1.80. The fourth-order valence-electron chi connectivity index (χ4n) is 1.43. The molecule has 0 unspecified atom stereocenters. The number of halogens is 1. The third kappa shape index (κ3) is 4.81. The van der Waals surface area contributed by atoms with Crippen molar-refractivity contribution >= 4 is 34.3 Å². The maximum Gasteiger partial charge on any atom is 0.346 e. The van der Waals surface area contributed by atoms with Crippen LogP contribution in [0.1, 0.15) is 19.4 Å². The van der Waals surface area contributed by atoms with Gasteiger partial charge >= 0.3 is 5.97 Å². The largest absolute Gasteiger partial charge is 0.466 e. The smallest absolute Gasteiger partial charge is 0.346 e. The van der Waals surface area contributed by atoms with Gasteiger partial charge in [0.2, 0.25) is 6.61 Å². The lowest BCUT2D eigenvalue weighted by molar-refractivity contribution is -0.145. The van der Waals surface area contributed by atoms with Gasteiger partial charge in [-0.2, -0.15) is 0 Å². The first-order valence-electron chi connectivity index (χ1n) is 5.90. The quantitative estimate of drug-likeness (QED) is 0.253. The lowest BCUT2D eigenvalue weighted by Gasteiger charge is -2.23. The summed E-state index contributed by atoms with van der Waals surface area (Å²) in [6.07, 6.45) is 0. The number of esters is 1. The summed E-state index contributed by atoms with van der Waals surface area (Å²) in [6, 6.07) is 9.82. The van der Waals surface area contributed by atoms with E-state index in [0.29, 0.717) is 0 Å². The maximum absolute atomic E-state index is 11.0. The van der Waals surface area contributed by atoms with E-state index in [1.165, 1.54) is 7.11 Å². The molecule has 0 N–H and O–H groups in total. The van der Waals surface area contributed by atoms with Crippen LogP contribution in [-0.2, 0) is 14.4 Å². The molecule has 5 heteroatoms. The second-order valence-electron chi connectivity index (χ2n) is 4.67. The third-order valence-electron chi connectivity index (χ3n) is 2.59. The number of nitrogens with zero attached hydrogens (tertiary/aromatic N) is 1. The minimum atomic E-state index is -0.441. The van der Waals surface area contributed by atoms with Crippen molar-refractivity contribution in [3.05, 3.63) is 35.9 Å². The molecule has 0 spiro atoms. The van der Waals surface area contributed by atoms with E-state index in [0.717, 1.165) is 15.7 Å². The lowest BCUT2D eigenvalue weighted by atomic mass is 9.86. The highest BCUT2D eigenvalue weighted by atomic mass is 127. The van der Waals surface area contributed by atoms with Crippen LogP contribution < -0.4 is 0 Å². The number of carbonyl (C=O) groups is 1. The van der Waals surface area contributed by atoms with E-state index >= 15 is 0 Å². The zero-order valence-corrected chi connectivity index (χ0v) is 13.5. The molecule has 1 aromatic rings. The number of ether oxygens (including phenoxy) is 1. The van der Waals surface area contributed by atoms with Gasteiger partial charge in [0.1, 0.15) is 0 Å². The summed E-state index contributed by atoms with van der Waals surface area (Å²) >= 11 is 2.32. The van der Waals surface area contributed by atoms with E-state index in [-0.39, 0.29) is 12.0 Å². The van der Waals surface area contributed by atoms with Crippen LogP contribution >= 0.6 is 22.6 Å². The molecule has 19 heavy (non-hydrogen) atoms. The van der Waals surface area contributed by atoms with Crippen LogP contribution in [-0.4, -0.2) is 29.8 Å².